The van der Waals surface area contributed by atoms with E-state index in [4.69, 9.17) is 4.74 Å². The normalized spacial score (nSPS) is 22.8. The summed E-state index contributed by atoms with van der Waals surface area (Å²) >= 11 is 0. The van der Waals surface area contributed by atoms with Crippen molar-refractivity contribution in [2.24, 2.45) is 0 Å². The van der Waals surface area contributed by atoms with Crippen LogP contribution in [0.2, 0.25) is 0 Å². The van der Waals surface area contributed by atoms with E-state index in [0.29, 0.717) is 36.4 Å². The van der Waals surface area contributed by atoms with Gasteiger partial charge in [-0.05, 0) is 24.5 Å². The number of hydrogen-bond acceptors (Lipinski definition) is 9. The number of pyridine rings is 1. The average Bonchev–Trinajstić information content (AvgIpc) is 3.35. The van der Waals surface area contributed by atoms with Gasteiger partial charge in [0, 0.05) is 25.4 Å². The van der Waals surface area contributed by atoms with Crippen molar-refractivity contribution in [2.45, 2.75) is 43.8 Å². The molecule has 1 aliphatic rings. The zero-order chi connectivity index (χ0) is 20.2. The van der Waals surface area contributed by atoms with E-state index in [2.05, 4.69) is 25.3 Å². The Labute approximate surface area is 167 Å². The highest BCUT2D eigenvalue weighted by Gasteiger charge is 2.35. The van der Waals surface area contributed by atoms with Gasteiger partial charge >= 0.3 is 0 Å². The highest BCUT2D eigenvalue weighted by Crippen LogP contribution is 2.31. The number of rotatable bonds is 8. The zero-order valence-electron chi connectivity index (χ0n) is 15.8. The minimum Gasteiger partial charge on any atom is -0.394 e. The van der Waals surface area contributed by atoms with Gasteiger partial charge in [-0.1, -0.05) is 6.07 Å². The van der Waals surface area contributed by atoms with E-state index in [1.54, 1.807) is 29.4 Å². The minimum absolute atomic E-state index is 0.239. The van der Waals surface area contributed by atoms with Crippen LogP contribution >= 0.6 is 0 Å². The van der Waals surface area contributed by atoms with Crippen LogP contribution in [-0.2, 0) is 4.74 Å². The first-order valence-corrected chi connectivity index (χ1v) is 9.61. The molecule has 4 heterocycles. The number of hydrogen-bond donors (Lipinski definition) is 4. The van der Waals surface area contributed by atoms with Gasteiger partial charge in [0.15, 0.2) is 17.0 Å². The maximum absolute atomic E-state index is 10.2. The molecule has 0 amide bonds. The lowest BCUT2D eigenvalue weighted by molar-refractivity contribution is -0.0432. The molecular weight excluding hydrogens is 376 g/mol. The molecule has 0 saturated carbocycles. The van der Waals surface area contributed by atoms with E-state index in [0.717, 1.165) is 12.0 Å². The van der Waals surface area contributed by atoms with Gasteiger partial charge in [0.05, 0.1) is 25.1 Å². The van der Waals surface area contributed by atoms with Gasteiger partial charge in [0.2, 0.25) is 0 Å². The van der Waals surface area contributed by atoms with Gasteiger partial charge in [-0.3, -0.25) is 9.55 Å². The van der Waals surface area contributed by atoms with E-state index in [-0.39, 0.29) is 6.61 Å². The lowest BCUT2D eigenvalue weighted by Crippen LogP contribution is -2.24. The first-order chi connectivity index (χ1) is 14.2. The van der Waals surface area contributed by atoms with Crippen LogP contribution in [0.3, 0.4) is 0 Å². The van der Waals surface area contributed by atoms with Gasteiger partial charge in [-0.25, -0.2) is 15.0 Å². The molecule has 0 spiro atoms. The second-order valence-corrected chi connectivity index (χ2v) is 7.03. The van der Waals surface area contributed by atoms with E-state index < -0.39 is 24.5 Å². The number of ether oxygens (including phenoxy) is 1. The summed E-state index contributed by atoms with van der Waals surface area (Å²) < 4.78 is 7.43. The molecule has 3 aromatic rings. The fourth-order valence-corrected chi connectivity index (χ4v) is 3.48. The van der Waals surface area contributed by atoms with Gasteiger partial charge in [-0.15, -0.1) is 0 Å². The molecule has 1 aliphatic heterocycles. The molecule has 0 radical (unpaired) electrons. The van der Waals surface area contributed by atoms with Gasteiger partial charge < -0.3 is 25.4 Å². The molecule has 154 valence electrons. The first-order valence-electron chi connectivity index (χ1n) is 9.61. The number of anilines is 1. The van der Waals surface area contributed by atoms with Crippen LogP contribution in [0.5, 0.6) is 0 Å². The summed E-state index contributed by atoms with van der Waals surface area (Å²) in [5.74, 6) is 0.599. The zero-order valence-corrected chi connectivity index (χ0v) is 15.8. The van der Waals surface area contributed by atoms with Crippen molar-refractivity contribution in [3.63, 3.8) is 0 Å². The summed E-state index contributed by atoms with van der Waals surface area (Å²) in [6.45, 7) is 0.374. The third-order valence-electron chi connectivity index (χ3n) is 5.07. The number of nitrogens with zero attached hydrogens (tertiary/aromatic N) is 5. The van der Waals surface area contributed by atoms with E-state index in [1.807, 2.05) is 6.07 Å². The molecule has 1 saturated heterocycles. The van der Waals surface area contributed by atoms with E-state index in [1.165, 1.54) is 6.33 Å². The summed E-state index contributed by atoms with van der Waals surface area (Å²) in [4.78, 5) is 17.0. The van der Waals surface area contributed by atoms with Crippen molar-refractivity contribution in [2.75, 3.05) is 18.5 Å². The van der Waals surface area contributed by atoms with Crippen molar-refractivity contribution in [1.29, 1.82) is 0 Å². The smallest absolute Gasteiger partial charge is 0.167 e. The van der Waals surface area contributed by atoms with Crippen molar-refractivity contribution < 1.29 is 20.1 Å². The van der Waals surface area contributed by atoms with E-state index >= 15 is 0 Å². The molecule has 3 aromatic heterocycles. The standard InChI is InChI=1S/C19H24N6O4/c26-9-15-14(28)7-16(29-15)25-11-24-17-18(22-10-23-19(17)25)21-6-2-4-13(27)12-3-1-5-20-8-12/h1,3,5,8,10-11,13-16,26-28H,2,4,6-7,9H2,(H,21,22,23). The number of nitrogens with one attached hydrogen (secondary N) is 1. The largest absolute Gasteiger partial charge is 0.394 e. The maximum atomic E-state index is 10.2. The number of imidazole rings is 1. The lowest BCUT2D eigenvalue weighted by atomic mass is 10.1. The lowest BCUT2D eigenvalue weighted by Gasteiger charge is -2.14. The van der Waals surface area contributed by atoms with Crippen LogP contribution in [0, 0.1) is 0 Å². The fourth-order valence-electron chi connectivity index (χ4n) is 3.48. The van der Waals surface area contributed by atoms with Crippen molar-refractivity contribution >= 4 is 17.0 Å². The highest BCUT2D eigenvalue weighted by atomic mass is 16.5. The number of aromatic nitrogens is 5. The van der Waals surface area contributed by atoms with Crippen LogP contribution in [-0.4, -0.2) is 65.2 Å². The van der Waals surface area contributed by atoms with Gasteiger partial charge in [-0.2, -0.15) is 0 Å². The maximum Gasteiger partial charge on any atom is 0.167 e. The molecule has 0 aromatic carbocycles. The fraction of sp³-hybridized carbons (Fsp3) is 0.474. The molecule has 29 heavy (non-hydrogen) atoms. The van der Waals surface area contributed by atoms with Crippen LogP contribution in [0.15, 0.2) is 37.2 Å². The quantitative estimate of drug-likeness (QED) is 0.404. The number of aliphatic hydroxyl groups excluding tert-OH is 3. The topological polar surface area (TPSA) is 138 Å². The summed E-state index contributed by atoms with van der Waals surface area (Å²) in [5.41, 5.74) is 2.00. The van der Waals surface area contributed by atoms with E-state index in [9.17, 15) is 15.3 Å². The SMILES string of the molecule is OCC1OC(n2cnc3c(NCCCC(O)c4cccnc4)ncnc32)CC1O. The Morgan fingerprint density at radius 2 is 2.21 bits per heavy atom. The van der Waals surface area contributed by atoms with Crippen LogP contribution in [0.4, 0.5) is 5.82 Å². The Hall–Kier alpha value is -2.66. The molecule has 10 heteroatoms. The Bertz CT molecular complexity index is 937. The van der Waals surface area contributed by atoms with Crippen LogP contribution < -0.4 is 5.32 Å². The predicted octanol–water partition coefficient (Wildman–Crippen LogP) is 0.788. The number of fused-ring (bicyclic) bond motifs is 1. The summed E-state index contributed by atoms with van der Waals surface area (Å²) in [5, 5.41) is 32.7. The summed E-state index contributed by atoms with van der Waals surface area (Å²) in [6, 6.07) is 3.66. The molecule has 4 atom stereocenters. The third-order valence-corrected chi connectivity index (χ3v) is 5.07. The molecule has 0 aliphatic carbocycles. The average molecular weight is 400 g/mol. The molecule has 4 unspecified atom stereocenters. The predicted molar refractivity (Wildman–Crippen MR) is 104 cm³/mol. The molecular formula is C19H24N6O4. The molecule has 4 rings (SSSR count). The van der Waals surface area contributed by atoms with Gasteiger partial charge in [0.1, 0.15) is 18.7 Å². The minimum atomic E-state index is -0.729. The second-order valence-electron chi connectivity index (χ2n) is 7.03. The second kappa shape index (κ2) is 8.78. The van der Waals surface area contributed by atoms with Crippen LogP contribution in [0.1, 0.15) is 37.2 Å². The Morgan fingerprint density at radius 3 is 2.97 bits per heavy atom. The van der Waals surface area contributed by atoms with Crippen LogP contribution in [0.25, 0.3) is 11.2 Å². The third kappa shape index (κ3) is 4.20. The first kappa shape index (κ1) is 19.6. The van der Waals surface area contributed by atoms with Crippen molar-refractivity contribution in [3.8, 4) is 0 Å². The summed E-state index contributed by atoms with van der Waals surface area (Å²) in [6.07, 6.45) is 5.75. The molecule has 1 fully saturated rings. The van der Waals surface area contributed by atoms with Crippen molar-refractivity contribution in [1.82, 2.24) is 24.5 Å². The highest BCUT2D eigenvalue weighted by molar-refractivity contribution is 5.82. The molecule has 0 bridgehead atoms. The Morgan fingerprint density at radius 1 is 1.31 bits per heavy atom. The Kier molecular flexibility index (Phi) is 5.95. The number of aliphatic hydroxyl groups is 3. The monoisotopic (exact) mass is 400 g/mol. The van der Waals surface area contributed by atoms with Gasteiger partial charge in [0.25, 0.3) is 0 Å². The summed E-state index contributed by atoms with van der Waals surface area (Å²) in [7, 11) is 0. The molecule has 4 N–H and O–H groups in total. The van der Waals surface area contributed by atoms with Crippen molar-refractivity contribution in [3.05, 3.63) is 42.7 Å². The Balaban J connectivity index is 1.38. The molecule has 10 nitrogen and oxygen atoms in total.